The average molecular weight is 605 g/mol. The van der Waals surface area contributed by atoms with Crippen LogP contribution in [-0.2, 0) is 17.1 Å². The molecule has 2 aromatic carbocycles. The Morgan fingerprint density at radius 3 is 1.36 bits per heavy atom. The maximum absolute atomic E-state index is 2.75. The monoisotopic (exact) mass is 604 g/mol. The minimum absolute atomic E-state index is 0. The maximum Gasteiger partial charge on any atom is 0 e. The van der Waals surface area contributed by atoms with E-state index < -0.39 is 0 Å². The molecule has 3 atom stereocenters. The van der Waals surface area contributed by atoms with Gasteiger partial charge < -0.3 is 0 Å². The largest absolute Gasteiger partial charge is 0.0971 e. The molecule has 0 heterocycles. The first-order valence-electron chi connectivity index (χ1n) is 16.5. The normalized spacial score (nSPS) is 25.2. The number of benzene rings is 2. The van der Waals surface area contributed by atoms with E-state index in [0.717, 1.165) is 28.6 Å². The number of hydrogen-bond acceptors (Lipinski definition) is 0. The summed E-state index contributed by atoms with van der Waals surface area (Å²) in [4.78, 5) is 0. The minimum Gasteiger partial charge on any atom is -0.0971 e. The summed E-state index contributed by atoms with van der Waals surface area (Å²) in [5.41, 5.74) is 3.98. The van der Waals surface area contributed by atoms with Crippen molar-refractivity contribution in [3.05, 3.63) is 60.7 Å². The van der Waals surface area contributed by atoms with Gasteiger partial charge in [-0.05, 0) is 85.6 Å². The van der Waals surface area contributed by atoms with Crippen LogP contribution in [-0.4, -0.2) is 22.6 Å². The summed E-state index contributed by atoms with van der Waals surface area (Å²) in [6, 6.07) is 23.2. The van der Waals surface area contributed by atoms with Gasteiger partial charge in [-0.2, -0.15) is 0 Å². The molecule has 0 nitrogen and oxygen atoms in total. The van der Waals surface area contributed by atoms with Gasteiger partial charge in [-0.1, -0.05) is 153 Å². The predicted octanol–water partition coefficient (Wildman–Crippen LogP) is 10.8. The molecule has 216 valence electrons. The van der Waals surface area contributed by atoms with Crippen LogP contribution in [0.15, 0.2) is 60.7 Å². The van der Waals surface area contributed by atoms with Crippen molar-refractivity contribution >= 4 is 26.5 Å². The van der Waals surface area contributed by atoms with Crippen LogP contribution in [0.3, 0.4) is 0 Å². The first kappa shape index (κ1) is 31.7. The van der Waals surface area contributed by atoms with E-state index in [1.54, 1.807) is 36.3 Å². The molecule has 3 heteroatoms. The molecule has 0 aromatic heterocycles. The summed E-state index contributed by atoms with van der Waals surface area (Å²) in [6.07, 6.45) is 27.1. The van der Waals surface area contributed by atoms with Gasteiger partial charge in [0.1, 0.15) is 0 Å². The third kappa shape index (κ3) is 8.67. The third-order valence-corrected chi connectivity index (χ3v) is 17.3. The van der Waals surface area contributed by atoms with Gasteiger partial charge in [0.25, 0.3) is 0 Å². The second-order valence-electron chi connectivity index (χ2n) is 12.7. The van der Waals surface area contributed by atoms with Crippen molar-refractivity contribution < 1.29 is 17.1 Å². The van der Waals surface area contributed by atoms with Crippen molar-refractivity contribution in [2.24, 2.45) is 5.92 Å². The van der Waals surface area contributed by atoms with Crippen molar-refractivity contribution in [2.75, 3.05) is 0 Å². The van der Waals surface area contributed by atoms with Gasteiger partial charge in [-0.3, -0.25) is 0 Å². The summed E-state index contributed by atoms with van der Waals surface area (Å²) in [6.45, 7) is 2.75. The Bertz CT molecular complexity index is 837. The van der Waals surface area contributed by atoms with E-state index in [9.17, 15) is 0 Å². The smallest absolute Gasteiger partial charge is 0 e. The summed E-state index contributed by atoms with van der Waals surface area (Å²) in [5.74, 6) is 0.937. The molecule has 0 aliphatic heterocycles. The first-order chi connectivity index (χ1) is 18.8. The topological polar surface area (TPSA) is 0 Å². The maximum atomic E-state index is 2.75. The Kier molecular flexibility index (Phi) is 13.9. The van der Waals surface area contributed by atoms with Crippen molar-refractivity contribution in [1.29, 1.82) is 0 Å². The fraction of sp³-hybridized carbons (Fsp3) is 0.667. The SMILES string of the molecule is C1CCCC1.CC(C1CCCC1P(c1ccccc1)c1ccccc1)P(C1CCCCC1)C1CCCCC1.[Fe]. The van der Waals surface area contributed by atoms with E-state index in [0.29, 0.717) is 0 Å². The third-order valence-electron chi connectivity index (χ3n) is 10.3. The molecular formula is C36H54FeP2. The van der Waals surface area contributed by atoms with Crippen LogP contribution in [0.2, 0.25) is 0 Å². The zero-order chi connectivity index (χ0) is 26.0. The quantitative estimate of drug-likeness (QED) is 0.218. The van der Waals surface area contributed by atoms with Gasteiger partial charge in [-0.25, -0.2) is 0 Å². The second-order valence-corrected chi connectivity index (χ2v) is 18.3. The van der Waals surface area contributed by atoms with Crippen molar-refractivity contribution in [3.8, 4) is 0 Å². The zero-order valence-corrected chi connectivity index (χ0v) is 27.5. The molecule has 0 spiro atoms. The molecule has 4 aliphatic carbocycles. The molecule has 4 saturated carbocycles. The molecule has 6 rings (SSSR count). The van der Waals surface area contributed by atoms with Crippen LogP contribution in [0.25, 0.3) is 0 Å². The van der Waals surface area contributed by atoms with Crippen LogP contribution in [0.4, 0.5) is 0 Å². The van der Waals surface area contributed by atoms with E-state index in [4.69, 9.17) is 0 Å². The van der Waals surface area contributed by atoms with Gasteiger partial charge in [0, 0.05) is 17.1 Å². The van der Waals surface area contributed by atoms with Crippen LogP contribution in [0, 0.1) is 5.92 Å². The molecule has 0 N–H and O–H groups in total. The van der Waals surface area contributed by atoms with Crippen LogP contribution < -0.4 is 10.6 Å². The van der Waals surface area contributed by atoms with Crippen molar-refractivity contribution in [2.45, 2.75) is 145 Å². The number of rotatable bonds is 7. The van der Waals surface area contributed by atoms with E-state index in [1.165, 1.54) is 89.9 Å². The summed E-state index contributed by atoms with van der Waals surface area (Å²) >= 11 is 0. The summed E-state index contributed by atoms with van der Waals surface area (Å²) < 4.78 is 0. The standard InChI is InChI=1S/C31H44P2.C5H10.Fe/c1-25(32(26-15-6-2-7-16-26)27-17-8-3-9-18-27)30-23-14-24-31(30)33(28-19-10-4-11-20-28)29-21-12-5-13-22-29;1-2-4-5-3-1;/h4-5,10-13,19-22,25-27,30-31H,2-3,6-9,14-18,23-24H2,1H3;1-5H2;. The zero-order valence-electron chi connectivity index (χ0n) is 24.6. The molecule has 4 fully saturated rings. The fourth-order valence-corrected chi connectivity index (χ4v) is 16.5. The molecule has 0 amide bonds. The van der Waals surface area contributed by atoms with Gasteiger partial charge in [0.05, 0.1) is 0 Å². The van der Waals surface area contributed by atoms with Gasteiger partial charge >= 0.3 is 0 Å². The molecule has 0 saturated heterocycles. The van der Waals surface area contributed by atoms with E-state index in [1.807, 2.05) is 0 Å². The van der Waals surface area contributed by atoms with E-state index in [-0.39, 0.29) is 32.9 Å². The molecular weight excluding hydrogens is 550 g/mol. The molecule has 0 radical (unpaired) electrons. The Hall–Kier alpha value is -0.181. The van der Waals surface area contributed by atoms with Crippen molar-refractivity contribution in [3.63, 3.8) is 0 Å². The van der Waals surface area contributed by atoms with E-state index >= 15 is 0 Å². The Labute approximate surface area is 254 Å². The molecule has 3 unspecified atom stereocenters. The molecule has 0 bridgehead atoms. The molecule has 2 aromatic rings. The van der Waals surface area contributed by atoms with Gasteiger partial charge in [-0.15, -0.1) is 0 Å². The van der Waals surface area contributed by atoms with Gasteiger partial charge in [0.15, 0.2) is 0 Å². The van der Waals surface area contributed by atoms with Crippen molar-refractivity contribution in [1.82, 2.24) is 0 Å². The van der Waals surface area contributed by atoms with Crippen LogP contribution >= 0.6 is 15.8 Å². The predicted molar refractivity (Wildman–Crippen MR) is 173 cm³/mol. The Morgan fingerprint density at radius 1 is 0.513 bits per heavy atom. The molecule has 4 aliphatic rings. The van der Waals surface area contributed by atoms with E-state index in [2.05, 4.69) is 67.6 Å². The second kappa shape index (κ2) is 17.1. The first-order valence-corrected chi connectivity index (χ1v) is 19.5. The molecule has 39 heavy (non-hydrogen) atoms. The summed E-state index contributed by atoms with van der Waals surface area (Å²) in [7, 11) is -0.121. The minimum atomic E-state index is -0.273. The Balaban J connectivity index is 0.000000530. The fourth-order valence-electron chi connectivity index (χ4n) is 8.39. The number of hydrogen-bond donors (Lipinski definition) is 0. The average Bonchev–Trinajstić information content (AvgIpc) is 3.72. The van der Waals surface area contributed by atoms with Gasteiger partial charge in [0.2, 0.25) is 0 Å². The van der Waals surface area contributed by atoms with Crippen LogP contribution in [0.1, 0.15) is 122 Å². The Morgan fingerprint density at radius 2 is 0.923 bits per heavy atom. The summed E-state index contributed by atoms with van der Waals surface area (Å²) in [5, 5.41) is 3.23. The van der Waals surface area contributed by atoms with Crippen LogP contribution in [0.5, 0.6) is 0 Å².